The van der Waals surface area contributed by atoms with E-state index in [-0.39, 0.29) is 68.8 Å². The van der Waals surface area contributed by atoms with Gasteiger partial charge in [-0.2, -0.15) is 0 Å². The van der Waals surface area contributed by atoms with Gasteiger partial charge in [0.2, 0.25) is 0 Å². The summed E-state index contributed by atoms with van der Waals surface area (Å²) in [5, 5.41) is 11.1. The first-order chi connectivity index (χ1) is 16.5. The Balaban J connectivity index is 0.00000154. The van der Waals surface area contributed by atoms with Crippen LogP contribution in [0.4, 0.5) is 4.79 Å². The SMILES string of the molecule is CC.CC.CC.COC(=O)C1CCCCCN1C1CCN(C2CC3(CCN(C(=O)[O-])C3)C2)CC1.[K+]. The summed E-state index contributed by atoms with van der Waals surface area (Å²) in [6, 6.07) is 1.01. The van der Waals surface area contributed by atoms with Gasteiger partial charge in [0.25, 0.3) is 0 Å². The van der Waals surface area contributed by atoms with Crippen LogP contribution in [-0.4, -0.2) is 84.7 Å². The number of nitrogens with zero attached hydrogens (tertiary/aromatic N) is 3. The van der Waals surface area contributed by atoms with Crippen molar-refractivity contribution in [2.75, 3.05) is 39.8 Å². The molecule has 4 aliphatic rings. The molecule has 1 unspecified atom stereocenters. The molecule has 0 bridgehead atoms. The summed E-state index contributed by atoms with van der Waals surface area (Å²) in [4.78, 5) is 29.9. The molecule has 1 aliphatic carbocycles. The first kappa shape index (κ1) is 35.3. The molecular weight excluding hydrogens is 469 g/mol. The van der Waals surface area contributed by atoms with E-state index < -0.39 is 6.09 Å². The van der Waals surface area contributed by atoms with Crippen molar-refractivity contribution < 1.29 is 70.8 Å². The number of carbonyl (C=O) groups is 2. The van der Waals surface area contributed by atoms with Crippen molar-refractivity contribution in [3.05, 3.63) is 0 Å². The van der Waals surface area contributed by atoms with Gasteiger partial charge in [0.1, 0.15) is 12.1 Å². The molecule has 35 heavy (non-hydrogen) atoms. The van der Waals surface area contributed by atoms with E-state index in [1.807, 2.05) is 41.5 Å². The quantitative estimate of drug-likeness (QED) is 0.410. The maximum Gasteiger partial charge on any atom is 1.00 e. The number of ether oxygens (including phenoxy) is 1. The largest absolute Gasteiger partial charge is 1.00 e. The van der Waals surface area contributed by atoms with Crippen molar-refractivity contribution in [1.29, 1.82) is 0 Å². The van der Waals surface area contributed by atoms with E-state index in [0.29, 0.717) is 25.2 Å². The summed E-state index contributed by atoms with van der Waals surface area (Å²) in [6.07, 6.45) is 8.86. The molecule has 0 aromatic carbocycles. The Morgan fingerprint density at radius 3 is 1.94 bits per heavy atom. The summed E-state index contributed by atoms with van der Waals surface area (Å²) in [5.41, 5.74) is 0.211. The molecule has 0 N–H and O–H groups in total. The predicted octanol–water partition coefficient (Wildman–Crippen LogP) is 1.15. The minimum Gasteiger partial charge on any atom is -0.530 e. The smallest absolute Gasteiger partial charge is 0.530 e. The second kappa shape index (κ2) is 18.5. The first-order valence-corrected chi connectivity index (χ1v) is 14.0. The minimum atomic E-state index is -1.02. The van der Waals surface area contributed by atoms with Crippen LogP contribution in [0.25, 0.3) is 0 Å². The molecule has 200 valence electrons. The molecule has 0 aromatic rings. The van der Waals surface area contributed by atoms with Gasteiger partial charge in [-0.3, -0.25) is 9.69 Å². The van der Waals surface area contributed by atoms with Gasteiger partial charge in [-0.05, 0) is 70.0 Å². The number of carbonyl (C=O) groups excluding carboxylic acids is 2. The van der Waals surface area contributed by atoms with Crippen LogP contribution in [-0.2, 0) is 9.53 Å². The fourth-order valence-electron chi connectivity index (χ4n) is 6.16. The standard InChI is InChI=1S/C21H35N3O4.3C2H6.K/c1-28-19(25)18-5-3-2-4-9-24(18)16-6-10-22(11-7-16)17-13-21(14-17)8-12-23(15-21)20(26)27;3*1-2;/h16-18H,2-15H2,1H3,(H,26,27);3*1-2H3;/q;;;;+1/p-1. The summed E-state index contributed by atoms with van der Waals surface area (Å²) in [6.45, 7) is 16.5. The molecule has 1 atom stereocenters. The molecule has 3 aliphatic heterocycles. The van der Waals surface area contributed by atoms with Gasteiger partial charge in [0.15, 0.2) is 0 Å². The van der Waals surface area contributed by atoms with E-state index in [2.05, 4.69) is 9.80 Å². The summed E-state index contributed by atoms with van der Waals surface area (Å²) in [5.74, 6) is -0.0658. The third-order valence-electron chi connectivity index (χ3n) is 7.79. The fourth-order valence-corrected chi connectivity index (χ4v) is 6.16. The van der Waals surface area contributed by atoms with Gasteiger partial charge in [-0.25, -0.2) is 0 Å². The second-order valence-corrected chi connectivity index (χ2v) is 9.39. The molecule has 1 amide bonds. The number of hydrogen-bond donors (Lipinski definition) is 0. The van der Waals surface area contributed by atoms with E-state index >= 15 is 0 Å². The van der Waals surface area contributed by atoms with Gasteiger partial charge < -0.3 is 24.4 Å². The van der Waals surface area contributed by atoms with E-state index in [4.69, 9.17) is 4.74 Å². The molecule has 3 saturated heterocycles. The van der Waals surface area contributed by atoms with E-state index in [0.717, 1.165) is 64.6 Å². The Morgan fingerprint density at radius 1 is 0.829 bits per heavy atom. The van der Waals surface area contributed by atoms with E-state index in [1.54, 1.807) is 0 Å². The van der Waals surface area contributed by atoms with E-state index in [1.165, 1.54) is 24.9 Å². The van der Waals surface area contributed by atoms with Crippen LogP contribution in [0.15, 0.2) is 0 Å². The topological polar surface area (TPSA) is 76.2 Å². The molecule has 8 heteroatoms. The van der Waals surface area contributed by atoms with Crippen LogP contribution in [0.1, 0.15) is 99.3 Å². The zero-order valence-corrected chi connectivity index (χ0v) is 27.2. The average Bonchev–Trinajstić information content (AvgIpc) is 3.19. The van der Waals surface area contributed by atoms with Crippen LogP contribution >= 0.6 is 0 Å². The molecule has 7 nitrogen and oxygen atoms in total. The average molecular weight is 522 g/mol. The molecule has 1 spiro atoms. The molecule has 1 saturated carbocycles. The Kier molecular flexibility index (Phi) is 18.7. The monoisotopic (exact) mass is 521 g/mol. The molecule has 4 rings (SSSR count). The zero-order chi connectivity index (χ0) is 25.7. The second-order valence-electron chi connectivity index (χ2n) is 9.39. The van der Waals surface area contributed by atoms with Crippen molar-refractivity contribution in [3.8, 4) is 0 Å². The Bertz CT molecular complexity index is 593. The van der Waals surface area contributed by atoms with Gasteiger partial charge in [0, 0.05) is 25.2 Å². The number of likely N-dealkylation sites (tertiary alicyclic amines) is 3. The van der Waals surface area contributed by atoms with Gasteiger partial charge in [-0.15, -0.1) is 0 Å². The van der Waals surface area contributed by atoms with Crippen molar-refractivity contribution in [2.45, 2.75) is 117 Å². The zero-order valence-electron chi connectivity index (χ0n) is 24.1. The Labute approximate surface area is 258 Å². The molecule has 0 radical (unpaired) electrons. The number of esters is 1. The number of methoxy groups -OCH3 is 1. The first-order valence-electron chi connectivity index (χ1n) is 14.0. The van der Waals surface area contributed by atoms with E-state index in [9.17, 15) is 14.7 Å². The molecule has 0 aromatic heterocycles. The van der Waals surface area contributed by atoms with Gasteiger partial charge in [-0.1, -0.05) is 54.4 Å². The van der Waals surface area contributed by atoms with Crippen LogP contribution < -0.4 is 56.5 Å². The maximum absolute atomic E-state index is 12.3. The number of carboxylic acid groups (broad SMARTS) is 1. The summed E-state index contributed by atoms with van der Waals surface area (Å²) < 4.78 is 5.09. The van der Waals surface area contributed by atoms with Gasteiger partial charge >= 0.3 is 57.4 Å². The third kappa shape index (κ3) is 9.52. The van der Waals surface area contributed by atoms with Crippen molar-refractivity contribution in [1.82, 2.24) is 14.7 Å². The van der Waals surface area contributed by atoms with Crippen LogP contribution in [0, 0.1) is 5.41 Å². The third-order valence-corrected chi connectivity index (χ3v) is 7.79. The Hall–Kier alpha value is 0.296. The van der Waals surface area contributed by atoms with Crippen LogP contribution in [0.2, 0.25) is 0 Å². The maximum atomic E-state index is 12.3. The van der Waals surface area contributed by atoms with Crippen molar-refractivity contribution >= 4 is 12.1 Å². The predicted molar refractivity (Wildman–Crippen MR) is 137 cm³/mol. The number of piperidine rings is 1. The summed E-state index contributed by atoms with van der Waals surface area (Å²) in [7, 11) is 1.50. The number of rotatable bonds is 3. The van der Waals surface area contributed by atoms with Crippen molar-refractivity contribution in [2.24, 2.45) is 5.41 Å². The molecule has 3 heterocycles. The van der Waals surface area contributed by atoms with Crippen LogP contribution in [0.5, 0.6) is 0 Å². The molecular formula is C27H52KN3O4. The number of hydrogen-bond acceptors (Lipinski definition) is 6. The Morgan fingerprint density at radius 2 is 1.43 bits per heavy atom. The fraction of sp³-hybridized carbons (Fsp3) is 0.926. The normalized spacial score (nSPS) is 28.9. The van der Waals surface area contributed by atoms with Crippen LogP contribution in [0.3, 0.4) is 0 Å². The van der Waals surface area contributed by atoms with Gasteiger partial charge in [0.05, 0.1) is 7.11 Å². The van der Waals surface area contributed by atoms with Crippen molar-refractivity contribution in [3.63, 3.8) is 0 Å². The summed E-state index contributed by atoms with van der Waals surface area (Å²) >= 11 is 0. The molecule has 4 fully saturated rings. The number of amides is 1. The minimum absolute atomic E-state index is 0.